The Morgan fingerprint density at radius 2 is 2.22 bits per heavy atom. The smallest absolute Gasteiger partial charge is 0.342 e. The molecule has 0 aliphatic rings. The number of hydrogen-bond acceptors (Lipinski definition) is 3. The van der Waals surface area contributed by atoms with Crippen LogP contribution in [0.25, 0.3) is 17.0 Å². The Morgan fingerprint density at radius 1 is 1.44 bits per heavy atom. The maximum absolute atomic E-state index is 12.0. The lowest BCUT2D eigenvalue weighted by atomic mass is 10.1. The van der Waals surface area contributed by atoms with Gasteiger partial charge in [-0.05, 0) is 24.6 Å². The molecule has 18 heavy (non-hydrogen) atoms. The SMILES string of the molecule is C=Cc1ccc2oc(CC)c(C(=O)OCC)c2c1. The molecule has 0 saturated heterocycles. The van der Waals surface area contributed by atoms with Crippen LogP contribution in [-0.2, 0) is 11.2 Å². The van der Waals surface area contributed by atoms with Gasteiger partial charge in [0, 0.05) is 11.8 Å². The molecule has 0 fully saturated rings. The Bertz CT molecular complexity index is 593. The van der Waals surface area contributed by atoms with Crippen molar-refractivity contribution in [2.75, 3.05) is 6.61 Å². The van der Waals surface area contributed by atoms with Gasteiger partial charge in [0.05, 0.1) is 6.61 Å². The molecule has 0 spiro atoms. The molecule has 0 unspecified atom stereocenters. The largest absolute Gasteiger partial charge is 0.462 e. The molecule has 1 aromatic heterocycles. The molecule has 94 valence electrons. The average molecular weight is 244 g/mol. The molecule has 3 nitrogen and oxygen atoms in total. The number of hydrogen-bond donors (Lipinski definition) is 0. The van der Waals surface area contributed by atoms with Gasteiger partial charge in [0.1, 0.15) is 16.9 Å². The van der Waals surface area contributed by atoms with E-state index in [9.17, 15) is 4.79 Å². The van der Waals surface area contributed by atoms with E-state index in [4.69, 9.17) is 9.15 Å². The quantitative estimate of drug-likeness (QED) is 0.767. The van der Waals surface area contributed by atoms with Crippen LogP contribution in [0.4, 0.5) is 0 Å². The lowest BCUT2D eigenvalue weighted by Gasteiger charge is -2.01. The summed E-state index contributed by atoms with van der Waals surface area (Å²) in [4.78, 5) is 12.0. The fourth-order valence-electron chi connectivity index (χ4n) is 1.97. The average Bonchev–Trinajstić information content (AvgIpc) is 2.76. The number of fused-ring (bicyclic) bond motifs is 1. The van der Waals surface area contributed by atoms with E-state index in [-0.39, 0.29) is 5.97 Å². The third kappa shape index (κ3) is 2.04. The van der Waals surface area contributed by atoms with E-state index < -0.39 is 0 Å². The van der Waals surface area contributed by atoms with Gasteiger partial charge in [-0.1, -0.05) is 25.6 Å². The summed E-state index contributed by atoms with van der Waals surface area (Å²) < 4.78 is 10.8. The third-order valence-electron chi connectivity index (χ3n) is 2.82. The Hall–Kier alpha value is -2.03. The van der Waals surface area contributed by atoms with Crippen LogP contribution in [0.5, 0.6) is 0 Å². The van der Waals surface area contributed by atoms with Gasteiger partial charge in [-0.25, -0.2) is 4.79 Å². The summed E-state index contributed by atoms with van der Waals surface area (Å²) in [6.07, 6.45) is 2.40. The highest BCUT2D eigenvalue weighted by Gasteiger charge is 2.20. The number of carbonyl (C=O) groups excluding carboxylic acids is 1. The van der Waals surface area contributed by atoms with Crippen LogP contribution < -0.4 is 0 Å². The molecule has 1 aromatic carbocycles. The van der Waals surface area contributed by atoms with Crippen molar-refractivity contribution in [2.45, 2.75) is 20.3 Å². The van der Waals surface area contributed by atoms with E-state index in [1.165, 1.54) is 0 Å². The van der Waals surface area contributed by atoms with Crippen molar-refractivity contribution < 1.29 is 13.9 Å². The van der Waals surface area contributed by atoms with Gasteiger partial charge in [-0.3, -0.25) is 0 Å². The number of rotatable bonds is 4. The lowest BCUT2D eigenvalue weighted by molar-refractivity contribution is 0.0526. The molecule has 2 rings (SSSR count). The molecule has 0 aliphatic heterocycles. The number of aryl methyl sites for hydroxylation is 1. The van der Waals surface area contributed by atoms with Crippen molar-refractivity contribution in [2.24, 2.45) is 0 Å². The summed E-state index contributed by atoms with van der Waals surface area (Å²) in [5.74, 6) is 0.346. The number of benzene rings is 1. The molecule has 2 aromatic rings. The molecular formula is C15H16O3. The Labute approximate surface area is 106 Å². The number of esters is 1. The van der Waals surface area contributed by atoms with Crippen molar-refractivity contribution >= 4 is 23.0 Å². The first kappa shape index (κ1) is 12.4. The fraction of sp³-hybridized carbons (Fsp3) is 0.267. The van der Waals surface area contributed by atoms with Crippen LogP contribution in [0.15, 0.2) is 29.2 Å². The Morgan fingerprint density at radius 3 is 2.83 bits per heavy atom. The molecule has 3 heteroatoms. The van der Waals surface area contributed by atoms with Gasteiger partial charge in [0.2, 0.25) is 0 Å². The van der Waals surface area contributed by atoms with Gasteiger partial charge >= 0.3 is 5.97 Å². The summed E-state index contributed by atoms with van der Waals surface area (Å²) in [5, 5.41) is 0.794. The normalized spacial score (nSPS) is 10.6. The zero-order valence-electron chi connectivity index (χ0n) is 10.7. The number of furan rings is 1. The Kier molecular flexibility index (Phi) is 3.51. The molecular weight excluding hydrogens is 228 g/mol. The van der Waals surface area contributed by atoms with E-state index in [1.54, 1.807) is 13.0 Å². The molecule has 0 bridgehead atoms. The predicted molar refractivity (Wildman–Crippen MR) is 71.6 cm³/mol. The molecule has 0 N–H and O–H groups in total. The van der Waals surface area contributed by atoms with E-state index in [0.717, 1.165) is 10.9 Å². The minimum absolute atomic E-state index is 0.325. The molecule has 0 saturated carbocycles. The van der Waals surface area contributed by atoms with Crippen LogP contribution >= 0.6 is 0 Å². The van der Waals surface area contributed by atoms with Gasteiger partial charge in [0.15, 0.2) is 0 Å². The zero-order chi connectivity index (χ0) is 13.1. The van der Waals surface area contributed by atoms with E-state index in [0.29, 0.717) is 29.9 Å². The summed E-state index contributed by atoms with van der Waals surface area (Å²) in [5.41, 5.74) is 2.20. The van der Waals surface area contributed by atoms with Crippen molar-refractivity contribution in [3.05, 3.63) is 41.7 Å². The van der Waals surface area contributed by atoms with Gasteiger partial charge < -0.3 is 9.15 Å². The van der Waals surface area contributed by atoms with Gasteiger partial charge in [-0.2, -0.15) is 0 Å². The van der Waals surface area contributed by atoms with Crippen molar-refractivity contribution in [3.8, 4) is 0 Å². The number of ether oxygens (including phenoxy) is 1. The highest BCUT2D eigenvalue weighted by atomic mass is 16.5. The monoisotopic (exact) mass is 244 g/mol. The maximum Gasteiger partial charge on any atom is 0.342 e. The van der Waals surface area contributed by atoms with Gasteiger partial charge in [0.25, 0.3) is 0 Å². The minimum Gasteiger partial charge on any atom is -0.462 e. The first-order valence-corrected chi connectivity index (χ1v) is 6.06. The zero-order valence-corrected chi connectivity index (χ0v) is 10.7. The standard InChI is InChI=1S/C15H16O3/c1-4-10-7-8-13-11(9-10)14(12(5-2)18-13)15(16)17-6-3/h4,7-9H,1,5-6H2,2-3H3. The van der Waals surface area contributed by atoms with Crippen LogP contribution in [0.3, 0.4) is 0 Å². The van der Waals surface area contributed by atoms with Crippen LogP contribution in [0.1, 0.15) is 35.5 Å². The van der Waals surface area contributed by atoms with Crippen LogP contribution in [-0.4, -0.2) is 12.6 Å². The van der Waals surface area contributed by atoms with E-state index in [1.807, 2.05) is 25.1 Å². The first-order valence-electron chi connectivity index (χ1n) is 6.06. The lowest BCUT2D eigenvalue weighted by Crippen LogP contribution is -2.06. The second kappa shape index (κ2) is 5.08. The molecule has 0 amide bonds. The minimum atomic E-state index is -0.325. The Balaban J connectivity index is 2.66. The van der Waals surface area contributed by atoms with E-state index in [2.05, 4.69) is 6.58 Å². The van der Waals surface area contributed by atoms with Crippen molar-refractivity contribution in [1.29, 1.82) is 0 Å². The fourth-order valence-corrected chi connectivity index (χ4v) is 1.97. The highest BCUT2D eigenvalue weighted by Crippen LogP contribution is 2.28. The summed E-state index contributed by atoms with van der Waals surface area (Å²) >= 11 is 0. The first-order chi connectivity index (χ1) is 8.71. The second-order valence-corrected chi connectivity index (χ2v) is 3.93. The molecule has 0 aliphatic carbocycles. The van der Waals surface area contributed by atoms with Crippen molar-refractivity contribution in [3.63, 3.8) is 0 Å². The topological polar surface area (TPSA) is 39.4 Å². The summed E-state index contributed by atoms with van der Waals surface area (Å²) in [6.45, 7) is 7.83. The predicted octanol–water partition coefficient (Wildman–Crippen LogP) is 3.81. The molecule has 1 heterocycles. The third-order valence-corrected chi connectivity index (χ3v) is 2.82. The highest BCUT2D eigenvalue weighted by molar-refractivity contribution is 6.05. The number of carbonyl (C=O) groups is 1. The molecule has 0 atom stereocenters. The van der Waals surface area contributed by atoms with Crippen LogP contribution in [0, 0.1) is 0 Å². The summed E-state index contributed by atoms with van der Waals surface area (Å²) in [6, 6.07) is 5.67. The van der Waals surface area contributed by atoms with E-state index >= 15 is 0 Å². The summed E-state index contributed by atoms with van der Waals surface area (Å²) in [7, 11) is 0. The van der Waals surface area contributed by atoms with Crippen LogP contribution in [0.2, 0.25) is 0 Å². The molecule has 0 radical (unpaired) electrons. The van der Waals surface area contributed by atoms with Crippen molar-refractivity contribution in [1.82, 2.24) is 0 Å². The maximum atomic E-state index is 12.0. The second-order valence-electron chi connectivity index (χ2n) is 3.93. The van der Waals surface area contributed by atoms with Gasteiger partial charge in [-0.15, -0.1) is 0 Å².